The van der Waals surface area contributed by atoms with Gasteiger partial charge in [0.1, 0.15) is 0 Å². The minimum atomic E-state index is -0.200. The van der Waals surface area contributed by atoms with Crippen molar-refractivity contribution in [1.82, 2.24) is 0 Å². The zero-order valence-corrected chi connectivity index (χ0v) is 7.93. The van der Waals surface area contributed by atoms with E-state index in [0.29, 0.717) is 11.7 Å². The van der Waals surface area contributed by atoms with Gasteiger partial charge in [-0.05, 0) is 12.7 Å². The van der Waals surface area contributed by atoms with E-state index in [0.717, 1.165) is 6.42 Å². The summed E-state index contributed by atoms with van der Waals surface area (Å²) >= 11 is 0. The van der Waals surface area contributed by atoms with Gasteiger partial charge in [0.25, 0.3) is 0 Å². The molecule has 0 aliphatic heterocycles. The Balaban J connectivity index is 3.21. The van der Waals surface area contributed by atoms with Crippen molar-refractivity contribution < 1.29 is 4.79 Å². The Morgan fingerprint density at radius 1 is 1.70 bits per heavy atom. The maximum absolute atomic E-state index is 10.3. The summed E-state index contributed by atoms with van der Waals surface area (Å²) in [7, 11) is 3.51. The van der Waals surface area contributed by atoms with Gasteiger partial charge in [-0.2, -0.15) is 0 Å². The fraction of sp³-hybridized carbons (Fsp3) is 0.833. The van der Waals surface area contributed by atoms with Crippen molar-refractivity contribution in [2.75, 3.05) is 6.26 Å². The predicted octanol–water partition coefficient (Wildman–Crippen LogP) is 1.65. The normalized spacial score (nSPS) is 13.0. The second-order valence-corrected chi connectivity index (χ2v) is 4.99. The molecule has 0 saturated carbocycles. The zero-order chi connectivity index (χ0) is 7.98. The van der Waals surface area contributed by atoms with Crippen LogP contribution in [0.5, 0.6) is 0 Å². The molecular formula is C6H13NOS2. The van der Waals surface area contributed by atoms with Crippen LogP contribution < -0.4 is 5.73 Å². The molecule has 0 heterocycles. The number of hydrogen-bond donors (Lipinski definition) is 1. The molecule has 2 nitrogen and oxygen atoms in total. The molecule has 10 heavy (non-hydrogen) atoms. The van der Waals surface area contributed by atoms with E-state index in [4.69, 9.17) is 5.73 Å². The highest BCUT2D eigenvalue weighted by Crippen LogP contribution is 2.25. The van der Waals surface area contributed by atoms with E-state index >= 15 is 0 Å². The summed E-state index contributed by atoms with van der Waals surface area (Å²) in [5.41, 5.74) is 4.98. The van der Waals surface area contributed by atoms with Crippen molar-refractivity contribution in [2.45, 2.75) is 25.0 Å². The largest absolute Gasteiger partial charge is 0.370 e. The smallest absolute Gasteiger partial charge is 0.217 e. The lowest BCUT2D eigenvalue weighted by Crippen LogP contribution is -2.12. The molecule has 1 atom stereocenters. The van der Waals surface area contributed by atoms with Crippen LogP contribution in [-0.2, 0) is 4.79 Å². The van der Waals surface area contributed by atoms with Gasteiger partial charge >= 0.3 is 0 Å². The third-order valence-corrected chi connectivity index (χ3v) is 3.38. The van der Waals surface area contributed by atoms with E-state index in [9.17, 15) is 4.79 Å². The summed E-state index contributed by atoms with van der Waals surface area (Å²) < 4.78 is 0. The molecule has 0 aliphatic rings. The van der Waals surface area contributed by atoms with E-state index in [1.165, 1.54) is 0 Å². The molecular weight excluding hydrogens is 166 g/mol. The third-order valence-electron chi connectivity index (χ3n) is 1.06. The Morgan fingerprint density at radius 2 is 2.30 bits per heavy atom. The maximum Gasteiger partial charge on any atom is 0.217 e. The van der Waals surface area contributed by atoms with Crippen LogP contribution in [-0.4, -0.2) is 17.4 Å². The highest BCUT2D eigenvalue weighted by atomic mass is 33.1. The van der Waals surface area contributed by atoms with Crippen molar-refractivity contribution >= 4 is 27.5 Å². The van der Waals surface area contributed by atoms with Gasteiger partial charge in [0, 0.05) is 11.7 Å². The molecule has 0 rings (SSSR count). The van der Waals surface area contributed by atoms with Crippen LogP contribution in [0.15, 0.2) is 0 Å². The van der Waals surface area contributed by atoms with Gasteiger partial charge in [-0.3, -0.25) is 4.79 Å². The number of carbonyl (C=O) groups is 1. The fourth-order valence-corrected chi connectivity index (χ4v) is 2.37. The lowest BCUT2D eigenvalue weighted by atomic mass is 10.2. The number of rotatable bonds is 5. The molecule has 0 bridgehead atoms. The second kappa shape index (κ2) is 5.92. The van der Waals surface area contributed by atoms with E-state index in [2.05, 4.69) is 6.92 Å². The van der Waals surface area contributed by atoms with Gasteiger partial charge in [0.2, 0.25) is 5.91 Å². The molecule has 0 aromatic rings. The Kier molecular flexibility index (Phi) is 6.02. The van der Waals surface area contributed by atoms with Gasteiger partial charge in [-0.1, -0.05) is 28.5 Å². The Labute approximate surface area is 69.7 Å². The van der Waals surface area contributed by atoms with Crippen molar-refractivity contribution in [3.8, 4) is 0 Å². The van der Waals surface area contributed by atoms with Gasteiger partial charge in [0.15, 0.2) is 0 Å². The Hall–Kier alpha value is 0.170. The number of amides is 1. The van der Waals surface area contributed by atoms with Crippen LogP contribution in [0.3, 0.4) is 0 Å². The summed E-state index contributed by atoms with van der Waals surface area (Å²) in [4.78, 5) is 10.3. The van der Waals surface area contributed by atoms with Gasteiger partial charge in [-0.25, -0.2) is 0 Å². The minimum Gasteiger partial charge on any atom is -0.370 e. The molecule has 0 spiro atoms. The van der Waals surface area contributed by atoms with Crippen LogP contribution >= 0.6 is 21.6 Å². The first kappa shape index (κ1) is 10.2. The summed E-state index contributed by atoms with van der Waals surface area (Å²) in [6.45, 7) is 2.10. The molecule has 0 saturated heterocycles. The standard InChI is InChI=1S/C6H13NOS2/c1-5(10-9-2)3-4-6(7)8/h5H,3-4H2,1-2H3,(H2,7,8). The first-order chi connectivity index (χ1) is 4.66. The topological polar surface area (TPSA) is 43.1 Å². The van der Waals surface area contributed by atoms with E-state index in [1.807, 2.05) is 6.26 Å². The molecule has 1 unspecified atom stereocenters. The number of nitrogens with two attached hydrogens (primary N) is 1. The molecule has 2 N–H and O–H groups in total. The number of carbonyl (C=O) groups excluding carboxylic acids is 1. The lowest BCUT2D eigenvalue weighted by molar-refractivity contribution is -0.118. The summed E-state index contributed by atoms with van der Waals surface area (Å²) in [5, 5.41) is 0.530. The van der Waals surface area contributed by atoms with Crippen LogP contribution in [0.1, 0.15) is 19.8 Å². The van der Waals surface area contributed by atoms with Crippen molar-refractivity contribution in [3.63, 3.8) is 0 Å². The monoisotopic (exact) mass is 179 g/mol. The molecule has 0 fully saturated rings. The van der Waals surface area contributed by atoms with Crippen LogP contribution in [0.4, 0.5) is 0 Å². The number of hydrogen-bond acceptors (Lipinski definition) is 3. The van der Waals surface area contributed by atoms with Gasteiger partial charge < -0.3 is 5.73 Å². The molecule has 1 amide bonds. The maximum atomic E-state index is 10.3. The Morgan fingerprint density at radius 3 is 2.70 bits per heavy atom. The summed E-state index contributed by atoms with van der Waals surface area (Å²) in [6.07, 6.45) is 3.43. The molecule has 0 aromatic carbocycles. The zero-order valence-electron chi connectivity index (χ0n) is 6.29. The van der Waals surface area contributed by atoms with Crippen molar-refractivity contribution in [1.29, 1.82) is 0 Å². The van der Waals surface area contributed by atoms with Gasteiger partial charge in [-0.15, -0.1) is 0 Å². The quantitative estimate of drug-likeness (QED) is 0.653. The first-order valence-electron chi connectivity index (χ1n) is 3.14. The van der Waals surface area contributed by atoms with Gasteiger partial charge in [0.05, 0.1) is 0 Å². The summed E-state index contributed by atoms with van der Waals surface area (Å²) in [5.74, 6) is -0.200. The molecule has 0 aliphatic carbocycles. The van der Waals surface area contributed by atoms with Crippen molar-refractivity contribution in [3.05, 3.63) is 0 Å². The Bertz CT molecular complexity index is 108. The summed E-state index contributed by atoms with van der Waals surface area (Å²) in [6, 6.07) is 0. The second-order valence-electron chi connectivity index (χ2n) is 2.08. The third kappa shape index (κ3) is 6.29. The SMILES string of the molecule is CSSC(C)CCC(N)=O. The highest BCUT2D eigenvalue weighted by Gasteiger charge is 2.02. The van der Waals surface area contributed by atoms with Crippen molar-refractivity contribution in [2.24, 2.45) is 5.73 Å². The van der Waals surface area contributed by atoms with E-state index < -0.39 is 0 Å². The predicted molar refractivity (Wildman–Crippen MR) is 49.0 cm³/mol. The molecule has 4 heteroatoms. The van der Waals surface area contributed by atoms with Crippen LogP contribution in [0.2, 0.25) is 0 Å². The fourth-order valence-electron chi connectivity index (χ4n) is 0.558. The highest BCUT2D eigenvalue weighted by molar-refractivity contribution is 8.76. The molecule has 60 valence electrons. The average Bonchev–Trinajstić information content (AvgIpc) is 1.85. The van der Waals surface area contributed by atoms with E-state index in [1.54, 1.807) is 21.6 Å². The average molecular weight is 179 g/mol. The number of primary amides is 1. The van der Waals surface area contributed by atoms with Crippen LogP contribution in [0.25, 0.3) is 0 Å². The first-order valence-corrected chi connectivity index (χ1v) is 5.76. The van der Waals surface area contributed by atoms with E-state index in [-0.39, 0.29) is 5.91 Å². The molecule has 0 aromatic heterocycles. The molecule has 0 radical (unpaired) electrons. The minimum absolute atomic E-state index is 0.200. The lowest BCUT2D eigenvalue weighted by Gasteiger charge is -2.05. The van der Waals surface area contributed by atoms with Crippen LogP contribution in [0, 0.1) is 0 Å².